The zero-order valence-electron chi connectivity index (χ0n) is 16.6. The van der Waals surface area contributed by atoms with Gasteiger partial charge in [-0.05, 0) is 22.3 Å². The quantitative estimate of drug-likeness (QED) is 0.736. The van der Waals surface area contributed by atoms with Gasteiger partial charge in [-0.1, -0.05) is 48.5 Å². The predicted octanol–water partition coefficient (Wildman–Crippen LogP) is 3.88. The number of halogens is 1. The second kappa shape index (κ2) is 8.86. The molecule has 1 heterocycles. The maximum absolute atomic E-state index is 13.6. The summed E-state index contributed by atoms with van der Waals surface area (Å²) in [6.07, 6.45) is 5.16. The van der Waals surface area contributed by atoms with Crippen molar-refractivity contribution >= 4 is 6.09 Å². The van der Waals surface area contributed by atoms with Crippen molar-refractivity contribution in [3.05, 3.63) is 59.7 Å². The maximum Gasteiger partial charge on any atom is 0.407 e. The van der Waals surface area contributed by atoms with Crippen LogP contribution in [0.25, 0.3) is 11.1 Å². The lowest BCUT2D eigenvalue weighted by atomic mass is 9.98. The summed E-state index contributed by atoms with van der Waals surface area (Å²) >= 11 is 0. The lowest BCUT2D eigenvalue weighted by Crippen LogP contribution is -2.53. The van der Waals surface area contributed by atoms with Crippen LogP contribution in [0.1, 0.15) is 23.5 Å². The topological polar surface area (TPSA) is 56.8 Å². The van der Waals surface area contributed by atoms with Crippen molar-refractivity contribution in [2.75, 3.05) is 33.0 Å². The van der Waals surface area contributed by atoms with E-state index in [4.69, 9.17) is 20.6 Å². The second-order valence-corrected chi connectivity index (χ2v) is 7.62. The molecule has 0 aromatic heterocycles. The van der Waals surface area contributed by atoms with Crippen molar-refractivity contribution in [3.8, 4) is 23.5 Å². The van der Waals surface area contributed by atoms with Crippen molar-refractivity contribution in [1.82, 2.24) is 5.32 Å². The molecular weight excluding hydrogens is 385 g/mol. The third kappa shape index (κ3) is 4.04. The molecule has 5 nitrogen and oxygen atoms in total. The molecule has 1 N–H and O–H groups in total. The number of hydrogen-bond donors (Lipinski definition) is 1. The van der Waals surface area contributed by atoms with Gasteiger partial charge in [-0.25, -0.2) is 9.18 Å². The first kappa shape index (κ1) is 20.4. The van der Waals surface area contributed by atoms with E-state index in [-0.39, 0.29) is 25.0 Å². The molecule has 1 aliphatic carbocycles. The summed E-state index contributed by atoms with van der Waals surface area (Å²) in [7, 11) is 0. The minimum Gasteiger partial charge on any atom is -0.449 e. The summed E-state index contributed by atoms with van der Waals surface area (Å²) in [5, 5.41) is 2.57. The van der Waals surface area contributed by atoms with Gasteiger partial charge in [0.25, 0.3) is 0 Å². The summed E-state index contributed by atoms with van der Waals surface area (Å²) in [6, 6.07) is 16.2. The summed E-state index contributed by atoms with van der Waals surface area (Å²) in [4.78, 5) is 12.3. The molecule has 0 radical (unpaired) electrons. The molecule has 0 saturated carbocycles. The van der Waals surface area contributed by atoms with Crippen LogP contribution in [0.2, 0.25) is 0 Å². The highest BCUT2D eigenvalue weighted by molar-refractivity contribution is 5.79. The fourth-order valence-electron chi connectivity index (χ4n) is 4.00. The molecule has 0 unspecified atom stereocenters. The van der Waals surface area contributed by atoms with E-state index >= 15 is 0 Å². The Hall–Kier alpha value is -2.88. The standard InChI is InChI=1S/C24H24FNO4/c1-2-7-17-12-29-24(15-25,30-13-17)16-26-23(27)28-14-22-20-10-5-3-8-18(20)19-9-4-6-11-21(19)22/h1,3-6,8-11,17,22H,7,12-16H2,(H,26,27). The fraction of sp³-hybridized carbons (Fsp3) is 0.375. The minimum atomic E-state index is -1.49. The van der Waals surface area contributed by atoms with E-state index in [2.05, 4.69) is 35.5 Å². The van der Waals surface area contributed by atoms with Gasteiger partial charge in [0.2, 0.25) is 5.79 Å². The van der Waals surface area contributed by atoms with Crippen molar-refractivity contribution in [1.29, 1.82) is 0 Å². The van der Waals surface area contributed by atoms with Gasteiger partial charge in [-0.3, -0.25) is 0 Å². The number of rotatable bonds is 6. The Morgan fingerprint density at radius 3 is 2.30 bits per heavy atom. The summed E-state index contributed by atoms with van der Waals surface area (Å²) in [5.41, 5.74) is 4.57. The van der Waals surface area contributed by atoms with E-state index in [0.717, 1.165) is 22.3 Å². The first-order valence-electron chi connectivity index (χ1n) is 10.0. The number of fused-ring (bicyclic) bond motifs is 3. The largest absolute Gasteiger partial charge is 0.449 e. The zero-order chi connectivity index (χ0) is 21.0. The monoisotopic (exact) mass is 409 g/mol. The number of carbonyl (C=O) groups is 1. The zero-order valence-corrected chi connectivity index (χ0v) is 16.6. The molecule has 1 saturated heterocycles. The van der Waals surface area contributed by atoms with Crippen molar-refractivity contribution in [2.24, 2.45) is 5.92 Å². The Kier molecular flexibility index (Phi) is 6.03. The molecular formula is C24H24FNO4. The van der Waals surface area contributed by atoms with Crippen LogP contribution in [-0.4, -0.2) is 44.9 Å². The fourth-order valence-corrected chi connectivity index (χ4v) is 4.00. The lowest BCUT2D eigenvalue weighted by molar-refractivity contribution is -0.283. The molecule has 2 aliphatic rings. The number of alkyl halides is 1. The lowest BCUT2D eigenvalue weighted by Gasteiger charge is -2.37. The van der Waals surface area contributed by atoms with Crippen LogP contribution in [-0.2, 0) is 14.2 Å². The number of ether oxygens (including phenoxy) is 3. The highest BCUT2D eigenvalue weighted by Crippen LogP contribution is 2.44. The van der Waals surface area contributed by atoms with Crippen LogP contribution in [0.5, 0.6) is 0 Å². The molecule has 156 valence electrons. The van der Waals surface area contributed by atoms with Crippen LogP contribution >= 0.6 is 0 Å². The van der Waals surface area contributed by atoms with Gasteiger partial charge >= 0.3 is 6.09 Å². The number of alkyl carbamates (subject to hydrolysis) is 1. The van der Waals surface area contributed by atoms with Crippen molar-refractivity contribution in [2.45, 2.75) is 18.1 Å². The third-order valence-electron chi connectivity index (χ3n) is 5.62. The Balaban J connectivity index is 1.34. The molecule has 4 rings (SSSR count). The minimum absolute atomic E-state index is 0.0316. The maximum atomic E-state index is 13.6. The smallest absolute Gasteiger partial charge is 0.407 e. The first-order chi connectivity index (χ1) is 14.7. The number of hydrogen-bond acceptors (Lipinski definition) is 4. The number of carbonyl (C=O) groups excluding carboxylic acids is 1. The van der Waals surface area contributed by atoms with Gasteiger partial charge in [-0.15, -0.1) is 12.3 Å². The summed E-state index contributed by atoms with van der Waals surface area (Å²) in [6.45, 7) is -0.238. The molecule has 1 aliphatic heterocycles. The predicted molar refractivity (Wildman–Crippen MR) is 111 cm³/mol. The molecule has 0 bridgehead atoms. The molecule has 2 aromatic rings. The van der Waals surface area contributed by atoms with E-state index in [9.17, 15) is 9.18 Å². The van der Waals surface area contributed by atoms with Crippen molar-refractivity contribution in [3.63, 3.8) is 0 Å². The molecule has 0 atom stereocenters. The number of terminal acetylenes is 1. The van der Waals surface area contributed by atoms with Crippen LogP contribution < -0.4 is 5.32 Å². The normalized spacial score (nSPS) is 22.6. The van der Waals surface area contributed by atoms with E-state index in [1.165, 1.54) is 0 Å². The Morgan fingerprint density at radius 2 is 1.73 bits per heavy atom. The number of amides is 1. The van der Waals surface area contributed by atoms with Gasteiger partial charge in [0.1, 0.15) is 13.3 Å². The molecule has 30 heavy (non-hydrogen) atoms. The third-order valence-corrected chi connectivity index (χ3v) is 5.62. The Morgan fingerprint density at radius 1 is 1.13 bits per heavy atom. The second-order valence-electron chi connectivity index (χ2n) is 7.62. The van der Waals surface area contributed by atoms with E-state index in [1.54, 1.807) is 0 Å². The molecule has 0 spiro atoms. The summed E-state index contributed by atoms with van der Waals surface area (Å²) < 4.78 is 30.1. The first-order valence-corrected chi connectivity index (χ1v) is 10.0. The van der Waals surface area contributed by atoms with Gasteiger partial charge in [-0.2, -0.15) is 0 Å². The highest BCUT2D eigenvalue weighted by atomic mass is 19.1. The van der Waals surface area contributed by atoms with E-state index in [1.807, 2.05) is 24.3 Å². The summed E-state index contributed by atoms with van der Waals surface area (Å²) in [5.74, 6) is 1.05. The number of nitrogens with one attached hydrogen (secondary N) is 1. The van der Waals surface area contributed by atoms with Crippen LogP contribution in [0.15, 0.2) is 48.5 Å². The molecule has 6 heteroatoms. The van der Waals surface area contributed by atoms with Crippen LogP contribution in [0.3, 0.4) is 0 Å². The van der Waals surface area contributed by atoms with Crippen LogP contribution in [0.4, 0.5) is 9.18 Å². The number of benzene rings is 2. The molecule has 1 amide bonds. The molecule has 1 fully saturated rings. The van der Waals surface area contributed by atoms with Gasteiger partial charge < -0.3 is 19.5 Å². The Bertz CT molecular complexity index is 901. The van der Waals surface area contributed by atoms with Crippen molar-refractivity contribution < 1.29 is 23.4 Å². The van der Waals surface area contributed by atoms with Gasteiger partial charge in [0.05, 0.1) is 19.8 Å². The van der Waals surface area contributed by atoms with Gasteiger partial charge in [0, 0.05) is 18.3 Å². The SMILES string of the molecule is C#CCC1COC(CF)(CNC(=O)OCC2c3ccccc3-c3ccccc32)OC1. The average Bonchev–Trinajstić information content (AvgIpc) is 3.11. The Labute approximate surface area is 175 Å². The van der Waals surface area contributed by atoms with E-state index < -0.39 is 18.6 Å². The van der Waals surface area contributed by atoms with Gasteiger partial charge in [0.15, 0.2) is 0 Å². The van der Waals surface area contributed by atoms with Crippen LogP contribution in [0, 0.1) is 18.3 Å². The van der Waals surface area contributed by atoms with E-state index in [0.29, 0.717) is 19.6 Å². The highest BCUT2D eigenvalue weighted by Gasteiger charge is 2.38. The average molecular weight is 409 g/mol. The molecule has 2 aromatic carbocycles.